The summed E-state index contributed by atoms with van der Waals surface area (Å²) in [5.74, 6) is 1.34. The van der Waals surface area contributed by atoms with Gasteiger partial charge in [-0.1, -0.05) is 0 Å². The van der Waals surface area contributed by atoms with Crippen LogP contribution >= 0.6 is 0 Å². The van der Waals surface area contributed by atoms with Gasteiger partial charge in [-0.05, 0) is 44.2 Å². The lowest BCUT2D eigenvalue weighted by molar-refractivity contribution is 0.415. The maximum atomic E-state index is 12.5. The summed E-state index contributed by atoms with van der Waals surface area (Å²) in [6.07, 6.45) is 1.53. The van der Waals surface area contributed by atoms with E-state index >= 15 is 0 Å². The van der Waals surface area contributed by atoms with Crippen LogP contribution in [0.25, 0.3) is 22.2 Å². The van der Waals surface area contributed by atoms with Crippen molar-refractivity contribution in [3.63, 3.8) is 0 Å². The number of methoxy groups -OCH3 is 1. The Balaban J connectivity index is 2.22. The van der Waals surface area contributed by atoms with Gasteiger partial charge in [0.2, 0.25) is 0 Å². The lowest BCUT2D eigenvalue weighted by atomic mass is 10.1. The zero-order valence-electron chi connectivity index (χ0n) is 14.2. The maximum Gasteiger partial charge on any atom is 0.264 e. The molecular weight excluding hydrogens is 304 g/mol. The van der Waals surface area contributed by atoms with Gasteiger partial charge in [-0.25, -0.2) is 9.97 Å². The molecule has 0 radical (unpaired) electrons. The number of hydrogen-bond acceptors (Lipinski definition) is 5. The minimum Gasteiger partial charge on any atom is -0.497 e. The molecule has 3 rings (SSSR count). The highest BCUT2D eigenvalue weighted by Gasteiger charge is 2.13. The van der Waals surface area contributed by atoms with E-state index in [1.54, 1.807) is 14.2 Å². The highest BCUT2D eigenvalue weighted by atomic mass is 16.5. The van der Waals surface area contributed by atoms with Crippen molar-refractivity contribution >= 4 is 16.7 Å². The molecule has 0 fully saturated rings. The second-order valence-electron chi connectivity index (χ2n) is 5.94. The molecule has 0 saturated heterocycles. The van der Waals surface area contributed by atoms with Crippen LogP contribution < -0.4 is 15.6 Å². The zero-order chi connectivity index (χ0) is 17.3. The molecule has 0 atom stereocenters. The van der Waals surface area contributed by atoms with E-state index in [2.05, 4.69) is 15.3 Å². The fourth-order valence-corrected chi connectivity index (χ4v) is 2.51. The molecule has 0 amide bonds. The summed E-state index contributed by atoms with van der Waals surface area (Å²) in [6, 6.07) is 9.63. The predicted octanol–water partition coefficient (Wildman–Crippen LogP) is 2.82. The predicted molar refractivity (Wildman–Crippen MR) is 95.5 cm³/mol. The van der Waals surface area contributed by atoms with Gasteiger partial charge in [-0.2, -0.15) is 0 Å². The van der Waals surface area contributed by atoms with Crippen LogP contribution in [0.5, 0.6) is 5.75 Å². The van der Waals surface area contributed by atoms with E-state index in [1.807, 2.05) is 44.2 Å². The third kappa shape index (κ3) is 2.95. The Labute approximate surface area is 140 Å². The third-order valence-corrected chi connectivity index (χ3v) is 3.71. The highest BCUT2D eigenvalue weighted by molar-refractivity contribution is 5.91. The average molecular weight is 324 g/mol. The maximum absolute atomic E-state index is 12.5. The number of hydrogen-bond donors (Lipinski definition) is 1. The van der Waals surface area contributed by atoms with Crippen molar-refractivity contribution in [1.29, 1.82) is 0 Å². The molecule has 0 aliphatic rings. The van der Waals surface area contributed by atoms with E-state index in [9.17, 15) is 4.79 Å². The lowest BCUT2D eigenvalue weighted by Crippen LogP contribution is -2.21. The monoisotopic (exact) mass is 324 g/mol. The Morgan fingerprint density at radius 2 is 1.92 bits per heavy atom. The quantitative estimate of drug-likeness (QED) is 0.799. The Hall–Kier alpha value is -2.89. The molecular formula is C18H20N4O2. The van der Waals surface area contributed by atoms with Gasteiger partial charge < -0.3 is 14.6 Å². The van der Waals surface area contributed by atoms with Crippen LogP contribution in [0, 0.1) is 0 Å². The molecule has 3 aromatic rings. The Morgan fingerprint density at radius 3 is 2.54 bits per heavy atom. The van der Waals surface area contributed by atoms with E-state index in [0.717, 1.165) is 17.0 Å². The second-order valence-corrected chi connectivity index (χ2v) is 5.94. The number of aromatic nitrogens is 3. The number of ether oxygens (including phenoxy) is 1. The summed E-state index contributed by atoms with van der Waals surface area (Å²) in [5.41, 5.74) is 2.21. The fourth-order valence-electron chi connectivity index (χ4n) is 2.51. The molecule has 0 aliphatic carbocycles. The van der Waals surface area contributed by atoms with Gasteiger partial charge in [-0.3, -0.25) is 4.79 Å². The molecule has 6 heteroatoms. The van der Waals surface area contributed by atoms with Gasteiger partial charge in [-0.15, -0.1) is 0 Å². The summed E-state index contributed by atoms with van der Waals surface area (Å²) in [6.45, 7) is 4.02. The molecule has 0 saturated carbocycles. The number of nitrogens with zero attached hydrogens (tertiary/aromatic N) is 3. The van der Waals surface area contributed by atoms with Crippen molar-refractivity contribution in [2.24, 2.45) is 7.05 Å². The number of nitrogens with one attached hydrogen (secondary N) is 1. The first kappa shape index (κ1) is 16.0. The standard InChI is InChI=1S/C18H20N4O2/c1-11(2)20-17-16-15(19-10-22(3)18(16)23)9-14(21-17)12-5-7-13(24-4)8-6-12/h5-11H,1-4H3,(H,20,21). The average Bonchev–Trinajstić information content (AvgIpc) is 2.57. The number of fused-ring (bicyclic) bond motifs is 1. The van der Waals surface area contributed by atoms with Gasteiger partial charge in [0.05, 0.1) is 24.6 Å². The van der Waals surface area contributed by atoms with Gasteiger partial charge in [0, 0.05) is 18.7 Å². The molecule has 1 aromatic carbocycles. The Bertz CT molecular complexity index is 930. The van der Waals surface area contributed by atoms with Crippen molar-refractivity contribution in [3.05, 3.63) is 47.0 Å². The van der Waals surface area contributed by atoms with E-state index in [0.29, 0.717) is 16.7 Å². The normalized spacial score (nSPS) is 11.0. The minimum absolute atomic E-state index is 0.114. The van der Waals surface area contributed by atoms with Crippen LogP contribution in [0.2, 0.25) is 0 Å². The largest absolute Gasteiger partial charge is 0.497 e. The number of pyridine rings is 1. The molecule has 2 aromatic heterocycles. The summed E-state index contributed by atoms with van der Waals surface area (Å²) in [7, 11) is 3.32. The molecule has 2 heterocycles. The van der Waals surface area contributed by atoms with Crippen molar-refractivity contribution in [1.82, 2.24) is 14.5 Å². The molecule has 0 unspecified atom stereocenters. The van der Waals surface area contributed by atoms with Crippen LogP contribution in [0.1, 0.15) is 13.8 Å². The molecule has 6 nitrogen and oxygen atoms in total. The summed E-state index contributed by atoms with van der Waals surface area (Å²) in [5, 5.41) is 3.76. The van der Waals surface area contributed by atoms with E-state index in [-0.39, 0.29) is 11.6 Å². The summed E-state index contributed by atoms with van der Waals surface area (Å²) in [4.78, 5) is 21.5. The van der Waals surface area contributed by atoms with Gasteiger partial charge in [0.1, 0.15) is 17.0 Å². The molecule has 0 bridgehead atoms. The van der Waals surface area contributed by atoms with Crippen LogP contribution in [0.3, 0.4) is 0 Å². The Morgan fingerprint density at radius 1 is 1.21 bits per heavy atom. The van der Waals surface area contributed by atoms with Gasteiger partial charge >= 0.3 is 0 Å². The Kier molecular flexibility index (Phi) is 4.20. The fraction of sp³-hybridized carbons (Fsp3) is 0.278. The number of benzene rings is 1. The van der Waals surface area contributed by atoms with Crippen molar-refractivity contribution in [2.75, 3.05) is 12.4 Å². The number of rotatable bonds is 4. The van der Waals surface area contributed by atoms with Crippen LogP contribution in [0.15, 0.2) is 41.5 Å². The molecule has 24 heavy (non-hydrogen) atoms. The van der Waals surface area contributed by atoms with Gasteiger partial charge in [0.25, 0.3) is 5.56 Å². The number of anilines is 1. The zero-order valence-corrected chi connectivity index (χ0v) is 14.2. The van der Waals surface area contributed by atoms with E-state index in [1.165, 1.54) is 10.9 Å². The SMILES string of the molecule is COc1ccc(-c2cc3ncn(C)c(=O)c3c(NC(C)C)n2)cc1. The smallest absolute Gasteiger partial charge is 0.264 e. The van der Waals surface area contributed by atoms with Crippen LogP contribution in [-0.4, -0.2) is 27.7 Å². The van der Waals surface area contributed by atoms with Gasteiger partial charge in [0.15, 0.2) is 0 Å². The topological polar surface area (TPSA) is 69.0 Å². The molecule has 0 spiro atoms. The summed E-state index contributed by atoms with van der Waals surface area (Å²) < 4.78 is 6.65. The first-order chi connectivity index (χ1) is 11.5. The highest BCUT2D eigenvalue weighted by Crippen LogP contribution is 2.26. The van der Waals surface area contributed by atoms with Crippen LogP contribution in [-0.2, 0) is 7.05 Å². The van der Waals surface area contributed by atoms with Crippen molar-refractivity contribution in [2.45, 2.75) is 19.9 Å². The lowest BCUT2D eigenvalue weighted by Gasteiger charge is -2.14. The van der Waals surface area contributed by atoms with Crippen LogP contribution in [0.4, 0.5) is 5.82 Å². The summed E-state index contributed by atoms with van der Waals surface area (Å²) >= 11 is 0. The van der Waals surface area contributed by atoms with Crippen molar-refractivity contribution in [3.8, 4) is 17.0 Å². The minimum atomic E-state index is -0.114. The van der Waals surface area contributed by atoms with E-state index in [4.69, 9.17) is 4.74 Å². The second kappa shape index (κ2) is 6.31. The van der Waals surface area contributed by atoms with E-state index < -0.39 is 0 Å². The molecule has 0 aliphatic heterocycles. The first-order valence-corrected chi connectivity index (χ1v) is 7.77. The van der Waals surface area contributed by atoms with Crippen molar-refractivity contribution < 1.29 is 4.74 Å². The molecule has 124 valence electrons. The first-order valence-electron chi connectivity index (χ1n) is 7.77. The molecule has 1 N–H and O–H groups in total. The third-order valence-electron chi connectivity index (χ3n) is 3.71. The number of aryl methyl sites for hydroxylation is 1.